The van der Waals surface area contributed by atoms with Crippen LogP contribution in [0.15, 0.2) is 30.3 Å². The van der Waals surface area contributed by atoms with E-state index in [4.69, 9.17) is 4.43 Å². The van der Waals surface area contributed by atoms with Crippen molar-refractivity contribution in [2.24, 2.45) is 0 Å². The van der Waals surface area contributed by atoms with E-state index in [0.717, 1.165) is 0 Å². The molecule has 1 nitrogen and oxygen atoms in total. The SMILES string of the molecule is CC(C)(C)O[Si]1(c2ccccc2)CCC1. The van der Waals surface area contributed by atoms with Gasteiger partial charge in [0.25, 0.3) is 0 Å². The van der Waals surface area contributed by atoms with E-state index in [0.29, 0.717) is 0 Å². The maximum absolute atomic E-state index is 6.39. The van der Waals surface area contributed by atoms with Crippen molar-refractivity contribution in [2.75, 3.05) is 0 Å². The van der Waals surface area contributed by atoms with Crippen LogP contribution in [-0.4, -0.2) is 13.9 Å². The van der Waals surface area contributed by atoms with Crippen LogP contribution in [0.25, 0.3) is 0 Å². The summed E-state index contributed by atoms with van der Waals surface area (Å²) in [7, 11) is -1.55. The van der Waals surface area contributed by atoms with Gasteiger partial charge in [0.2, 0.25) is 8.32 Å². The van der Waals surface area contributed by atoms with E-state index in [2.05, 4.69) is 51.1 Å². The van der Waals surface area contributed by atoms with Gasteiger partial charge in [-0.2, -0.15) is 0 Å². The van der Waals surface area contributed by atoms with Crippen molar-refractivity contribution in [2.45, 2.75) is 44.9 Å². The third kappa shape index (κ3) is 2.32. The van der Waals surface area contributed by atoms with Crippen LogP contribution in [0.2, 0.25) is 12.1 Å². The van der Waals surface area contributed by atoms with Gasteiger partial charge in [-0.05, 0) is 38.0 Å². The Balaban J connectivity index is 2.23. The molecule has 15 heavy (non-hydrogen) atoms. The number of hydrogen-bond acceptors (Lipinski definition) is 1. The maximum atomic E-state index is 6.39. The Kier molecular flexibility index (Phi) is 2.73. The molecule has 0 unspecified atom stereocenters. The summed E-state index contributed by atoms with van der Waals surface area (Å²) in [6.07, 6.45) is 1.34. The molecule has 1 aliphatic rings. The normalized spacial score (nSPS) is 19.7. The lowest BCUT2D eigenvalue weighted by atomic mass is 10.2. The second-order valence-electron chi connectivity index (χ2n) is 5.43. The van der Waals surface area contributed by atoms with Crippen LogP contribution in [0.3, 0.4) is 0 Å². The van der Waals surface area contributed by atoms with Gasteiger partial charge >= 0.3 is 0 Å². The van der Waals surface area contributed by atoms with Gasteiger partial charge in [0.05, 0.1) is 0 Å². The first kappa shape index (κ1) is 10.9. The molecule has 1 fully saturated rings. The molecule has 2 rings (SSSR count). The summed E-state index contributed by atoms with van der Waals surface area (Å²) in [5.74, 6) is 0. The van der Waals surface area contributed by atoms with Gasteiger partial charge in [0.15, 0.2) is 0 Å². The predicted octanol–water partition coefficient (Wildman–Crippen LogP) is 3.06. The fourth-order valence-electron chi connectivity index (χ4n) is 2.28. The minimum atomic E-state index is -1.55. The molecule has 82 valence electrons. The topological polar surface area (TPSA) is 9.23 Å². The Morgan fingerprint density at radius 2 is 1.67 bits per heavy atom. The molecule has 0 N–H and O–H groups in total. The van der Waals surface area contributed by atoms with E-state index in [1.165, 1.54) is 23.7 Å². The van der Waals surface area contributed by atoms with Crippen LogP contribution in [0.4, 0.5) is 0 Å². The zero-order valence-electron chi connectivity index (χ0n) is 9.92. The molecule has 0 aromatic heterocycles. The summed E-state index contributed by atoms with van der Waals surface area (Å²) in [6, 6.07) is 13.4. The first-order valence-corrected chi connectivity index (χ1v) is 8.10. The molecule has 0 atom stereocenters. The third-order valence-electron chi connectivity index (χ3n) is 2.96. The van der Waals surface area contributed by atoms with Crippen molar-refractivity contribution in [1.82, 2.24) is 0 Å². The highest BCUT2D eigenvalue weighted by atomic mass is 28.4. The molecule has 0 radical (unpaired) electrons. The second kappa shape index (κ2) is 3.76. The molecule has 0 saturated carbocycles. The van der Waals surface area contributed by atoms with Gasteiger partial charge in [-0.1, -0.05) is 36.8 Å². The van der Waals surface area contributed by atoms with E-state index in [1.807, 2.05) is 0 Å². The fraction of sp³-hybridized carbons (Fsp3) is 0.538. The Morgan fingerprint density at radius 1 is 1.07 bits per heavy atom. The number of benzene rings is 1. The van der Waals surface area contributed by atoms with Gasteiger partial charge in [-0.3, -0.25) is 0 Å². The highest BCUT2D eigenvalue weighted by molar-refractivity contribution is 6.88. The molecule has 0 amide bonds. The molecule has 1 aliphatic heterocycles. The molecule has 1 aromatic rings. The molecule has 1 heterocycles. The molecule has 0 bridgehead atoms. The molecule has 0 aliphatic carbocycles. The average Bonchev–Trinajstić information content (AvgIpc) is 2.11. The van der Waals surface area contributed by atoms with Gasteiger partial charge in [0, 0.05) is 5.60 Å². The lowest BCUT2D eigenvalue weighted by molar-refractivity contribution is 0.115. The van der Waals surface area contributed by atoms with Crippen molar-refractivity contribution >= 4 is 13.5 Å². The quantitative estimate of drug-likeness (QED) is 0.696. The van der Waals surface area contributed by atoms with Crippen molar-refractivity contribution in [1.29, 1.82) is 0 Å². The highest BCUT2D eigenvalue weighted by Crippen LogP contribution is 2.36. The van der Waals surface area contributed by atoms with E-state index in [1.54, 1.807) is 0 Å². The molecular weight excluding hydrogens is 200 g/mol. The Labute approximate surface area is 93.6 Å². The largest absolute Gasteiger partial charge is 0.408 e. The van der Waals surface area contributed by atoms with Crippen LogP contribution in [0, 0.1) is 0 Å². The first-order valence-electron chi connectivity index (χ1n) is 5.78. The van der Waals surface area contributed by atoms with Crippen LogP contribution in [-0.2, 0) is 4.43 Å². The second-order valence-corrected chi connectivity index (χ2v) is 9.20. The minimum absolute atomic E-state index is 0.00246. The zero-order chi connectivity index (χ0) is 10.9. The van der Waals surface area contributed by atoms with E-state index >= 15 is 0 Å². The fourth-order valence-corrected chi connectivity index (χ4v) is 6.14. The highest BCUT2D eigenvalue weighted by Gasteiger charge is 2.45. The lowest BCUT2D eigenvalue weighted by Gasteiger charge is -2.44. The summed E-state index contributed by atoms with van der Waals surface area (Å²) < 4.78 is 6.39. The average molecular weight is 220 g/mol. The van der Waals surface area contributed by atoms with Gasteiger partial charge in [0.1, 0.15) is 0 Å². The Morgan fingerprint density at radius 3 is 2.07 bits per heavy atom. The number of hydrogen-bond donors (Lipinski definition) is 0. The van der Waals surface area contributed by atoms with Gasteiger partial charge < -0.3 is 4.43 Å². The van der Waals surface area contributed by atoms with E-state index in [-0.39, 0.29) is 5.60 Å². The van der Waals surface area contributed by atoms with Crippen LogP contribution in [0.5, 0.6) is 0 Å². The Hall–Kier alpha value is -0.603. The van der Waals surface area contributed by atoms with Gasteiger partial charge in [-0.15, -0.1) is 0 Å². The van der Waals surface area contributed by atoms with E-state index < -0.39 is 8.32 Å². The smallest absolute Gasteiger partial charge is 0.224 e. The number of rotatable bonds is 2. The first-order chi connectivity index (χ1) is 7.02. The van der Waals surface area contributed by atoms with Crippen LogP contribution in [0.1, 0.15) is 27.2 Å². The minimum Gasteiger partial charge on any atom is -0.408 e. The molecule has 1 saturated heterocycles. The standard InChI is InChI=1S/C13H20OSi/c1-13(2,3)14-15(10-7-11-15)12-8-5-4-6-9-12/h4-6,8-9H,7,10-11H2,1-3H3. The molecule has 1 aromatic carbocycles. The maximum Gasteiger partial charge on any atom is 0.224 e. The van der Waals surface area contributed by atoms with Crippen LogP contribution < -0.4 is 5.19 Å². The summed E-state index contributed by atoms with van der Waals surface area (Å²) >= 11 is 0. The summed E-state index contributed by atoms with van der Waals surface area (Å²) in [4.78, 5) is 0. The van der Waals surface area contributed by atoms with Gasteiger partial charge in [-0.25, -0.2) is 0 Å². The molecule has 2 heteroatoms. The van der Waals surface area contributed by atoms with Crippen molar-refractivity contribution in [3.63, 3.8) is 0 Å². The monoisotopic (exact) mass is 220 g/mol. The molecule has 0 spiro atoms. The Bertz CT molecular complexity index is 322. The summed E-state index contributed by atoms with van der Waals surface area (Å²) in [6.45, 7) is 6.51. The third-order valence-corrected chi connectivity index (χ3v) is 7.67. The summed E-state index contributed by atoms with van der Waals surface area (Å²) in [5, 5.41) is 1.48. The van der Waals surface area contributed by atoms with Crippen LogP contribution >= 0.6 is 0 Å². The molecular formula is C13H20OSi. The van der Waals surface area contributed by atoms with E-state index in [9.17, 15) is 0 Å². The van der Waals surface area contributed by atoms with Crippen molar-refractivity contribution in [3.8, 4) is 0 Å². The van der Waals surface area contributed by atoms with Crippen molar-refractivity contribution < 1.29 is 4.43 Å². The lowest BCUT2D eigenvalue weighted by Crippen LogP contribution is -2.59. The van der Waals surface area contributed by atoms with Crippen molar-refractivity contribution in [3.05, 3.63) is 30.3 Å². The summed E-state index contributed by atoms with van der Waals surface area (Å²) in [5.41, 5.74) is 0.00246. The zero-order valence-corrected chi connectivity index (χ0v) is 10.9. The predicted molar refractivity (Wildman–Crippen MR) is 66.9 cm³/mol.